The summed E-state index contributed by atoms with van der Waals surface area (Å²) < 4.78 is 0. The van der Waals surface area contributed by atoms with Crippen LogP contribution in [0.5, 0.6) is 0 Å². The summed E-state index contributed by atoms with van der Waals surface area (Å²) in [5, 5.41) is 10.2. The van der Waals surface area contributed by atoms with Crippen LogP contribution in [0.3, 0.4) is 0 Å². The van der Waals surface area contributed by atoms with Gasteiger partial charge in [0.25, 0.3) is 0 Å². The van der Waals surface area contributed by atoms with Gasteiger partial charge in [0, 0.05) is 5.57 Å². The van der Waals surface area contributed by atoms with Crippen molar-refractivity contribution in [2.24, 2.45) is 0 Å². The van der Waals surface area contributed by atoms with Crippen LogP contribution in [0.1, 0.15) is 24.5 Å². The first-order valence-electron chi connectivity index (χ1n) is 7.63. The van der Waals surface area contributed by atoms with Gasteiger partial charge in [0.15, 0.2) is 5.78 Å². The third kappa shape index (κ3) is 5.11. The second-order valence-electron chi connectivity index (χ2n) is 5.07. The summed E-state index contributed by atoms with van der Waals surface area (Å²) in [4.78, 5) is 12.3. The van der Waals surface area contributed by atoms with Crippen LogP contribution in [0.2, 0.25) is 0 Å². The van der Waals surface area contributed by atoms with Crippen LogP contribution < -0.4 is 0 Å². The summed E-state index contributed by atoms with van der Waals surface area (Å²) in [6, 6.07) is 19.3. The number of carbonyl (C=O) groups excluding carboxylic acids is 1. The van der Waals surface area contributed by atoms with Crippen LogP contribution in [0, 0.1) is 0 Å². The van der Waals surface area contributed by atoms with Crippen LogP contribution in [-0.2, 0) is 4.79 Å². The molecule has 0 aliphatic heterocycles. The van der Waals surface area contributed by atoms with Crippen molar-refractivity contribution in [2.45, 2.75) is 13.3 Å². The molecule has 0 saturated carbocycles. The highest BCUT2D eigenvalue weighted by atomic mass is 16.3. The van der Waals surface area contributed by atoms with E-state index in [2.05, 4.69) is 0 Å². The molecule has 0 spiro atoms. The van der Waals surface area contributed by atoms with E-state index >= 15 is 0 Å². The molecular weight excluding hydrogens is 284 g/mol. The van der Waals surface area contributed by atoms with Gasteiger partial charge in [0.05, 0.1) is 0 Å². The fourth-order valence-corrected chi connectivity index (χ4v) is 2.16. The van der Waals surface area contributed by atoms with Crippen LogP contribution >= 0.6 is 0 Å². The van der Waals surface area contributed by atoms with Crippen molar-refractivity contribution in [3.63, 3.8) is 0 Å². The van der Waals surface area contributed by atoms with E-state index in [-0.39, 0.29) is 11.5 Å². The lowest BCUT2D eigenvalue weighted by atomic mass is 10.0. The first kappa shape index (κ1) is 16.5. The van der Waals surface area contributed by atoms with E-state index in [1.807, 2.05) is 67.6 Å². The molecule has 0 heterocycles. The SMILES string of the molecule is CC/C(C(=O)/C=C/c1ccccc1)=C(O)\C=C\c1ccccc1. The van der Waals surface area contributed by atoms with Crippen LogP contribution in [-0.4, -0.2) is 10.9 Å². The highest BCUT2D eigenvalue weighted by Gasteiger charge is 2.08. The maximum Gasteiger partial charge on any atom is 0.185 e. The smallest absolute Gasteiger partial charge is 0.185 e. The Morgan fingerprint density at radius 3 is 1.83 bits per heavy atom. The number of hydrogen-bond acceptors (Lipinski definition) is 2. The van der Waals surface area contributed by atoms with E-state index < -0.39 is 0 Å². The zero-order valence-electron chi connectivity index (χ0n) is 13.1. The molecular formula is C21H20O2. The molecule has 0 fully saturated rings. The average molecular weight is 304 g/mol. The van der Waals surface area contributed by atoms with Crippen molar-refractivity contribution in [2.75, 3.05) is 0 Å². The van der Waals surface area contributed by atoms with Crippen molar-refractivity contribution in [1.82, 2.24) is 0 Å². The Balaban J connectivity index is 2.15. The van der Waals surface area contributed by atoms with Gasteiger partial charge in [-0.15, -0.1) is 0 Å². The Labute approximate surface area is 137 Å². The molecule has 1 N–H and O–H groups in total. The molecule has 2 rings (SSSR count). The molecule has 2 aromatic carbocycles. The van der Waals surface area contributed by atoms with Crippen molar-refractivity contribution in [1.29, 1.82) is 0 Å². The van der Waals surface area contributed by atoms with Crippen molar-refractivity contribution in [3.05, 3.63) is 95.3 Å². The van der Waals surface area contributed by atoms with Gasteiger partial charge in [-0.25, -0.2) is 0 Å². The first-order chi connectivity index (χ1) is 11.2. The third-order valence-electron chi connectivity index (χ3n) is 3.42. The molecule has 23 heavy (non-hydrogen) atoms. The number of benzene rings is 2. The highest BCUT2D eigenvalue weighted by Crippen LogP contribution is 2.13. The summed E-state index contributed by atoms with van der Waals surface area (Å²) >= 11 is 0. The summed E-state index contributed by atoms with van der Waals surface area (Å²) in [5.41, 5.74) is 2.33. The summed E-state index contributed by atoms with van der Waals surface area (Å²) in [5.74, 6) is -0.161. The maximum absolute atomic E-state index is 12.3. The molecule has 116 valence electrons. The van der Waals surface area contributed by atoms with Gasteiger partial charge in [0.1, 0.15) is 5.76 Å². The number of aliphatic hydroxyl groups excluding tert-OH is 1. The molecule has 0 amide bonds. The minimum absolute atomic E-state index is 0.0130. The highest BCUT2D eigenvalue weighted by molar-refractivity contribution is 6.06. The molecule has 0 unspecified atom stereocenters. The average Bonchev–Trinajstić information content (AvgIpc) is 2.60. The second kappa shape index (κ2) is 8.54. The predicted octanol–water partition coefficient (Wildman–Crippen LogP) is 5.20. The number of hydrogen-bond donors (Lipinski definition) is 1. The minimum Gasteiger partial charge on any atom is -0.508 e. The van der Waals surface area contributed by atoms with Gasteiger partial charge in [0.2, 0.25) is 0 Å². The van der Waals surface area contributed by atoms with Crippen molar-refractivity contribution >= 4 is 17.9 Å². The molecule has 0 aliphatic rings. The van der Waals surface area contributed by atoms with Gasteiger partial charge in [-0.05, 0) is 29.7 Å². The van der Waals surface area contributed by atoms with Gasteiger partial charge in [-0.1, -0.05) is 79.7 Å². The largest absolute Gasteiger partial charge is 0.508 e. The zero-order chi connectivity index (χ0) is 16.5. The van der Waals surface area contributed by atoms with Crippen LogP contribution in [0.15, 0.2) is 84.1 Å². The van der Waals surface area contributed by atoms with E-state index in [0.717, 1.165) is 11.1 Å². The number of allylic oxidation sites excluding steroid dienone is 3. The Hall–Kier alpha value is -2.87. The minimum atomic E-state index is -0.174. The van der Waals surface area contributed by atoms with E-state index in [9.17, 15) is 9.90 Å². The Morgan fingerprint density at radius 2 is 1.35 bits per heavy atom. The molecule has 0 aliphatic carbocycles. The molecule has 2 heteroatoms. The molecule has 0 bridgehead atoms. The molecule has 2 nitrogen and oxygen atoms in total. The molecule has 0 radical (unpaired) electrons. The Bertz CT molecular complexity index is 723. The fourth-order valence-electron chi connectivity index (χ4n) is 2.16. The normalized spacial score (nSPS) is 12.6. The number of ketones is 1. The standard InChI is InChI=1S/C21H20O2/c1-2-19(20(22)15-13-17-9-5-3-6-10-17)21(23)16-14-18-11-7-4-8-12-18/h3-16,22H,2H2,1H3/b15-13+,16-14+,20-19-. The van der Waals surface area contributed by atoms with Crippen molar-refractivity contribution < 1.29 is 9.90 Å². The van der Waals surface area contributed by atoms with E-state index in [1.54, 1.807) is 18.2 Å². The van der Waals surface area contributed by atoms with Gasteiger partial charge in [-0.2, -0.15) is 0 Å². The molecule has 0 aromatic heterocycles. The lowest BCUT2D eigenvalue weighted by Gasteiger charge is -2.02. The molecule has 0 atom stereocenters. The summed E-state index contributed by atoms with van der Waals surface area (Å²) in [6.07, 6.45) is 7.09. The van der Waals surface area contributed by atoms with Crippen molar-refractivity contribution in [3.8, 4) is 0 Å². The fraction of sp³-hybridized carbons (Fsp3) is 0.0952. The molecule has 0 saturated heterocycles. The van der Waals surface area contributed by atoms with Crippen LogP contribution in [0.4, 0.5) is 0 Å². The number of rotatable bonds is 6. The van der Waals surface area contributed by atoms with Gasteiger partial charge >= 0.3 is 0 Å². The topological polar surface area (TPSA) is 37.3 Å². The second-order valence-corrected chi connectivity index (χ2v) is 5.07. The number of aliphatic hydroxyl groups is 1. The monoisotopic (exact) mass is 304 g/mol. The van der Waals surface area contributed by atoms with E-state index in [4.69, 9.17) is 0 Å². The first-order valence-corrected chi connectivity index (χ1v) is 7.63. The van der Waals surface area contributed by atoms with Gasteiger partial charge < -0.3 is 5.11 Å². The third-order valence-corrected chi connectivity index (χ3v) is 3.42. The zero-order valence-corrected chi connectivity index (χ0v) is 13.1. The lowest BCUT2D eigenvalue weighted by Crippen LogP contribution is -2.01. The Morgan fingerprint density at radius 1 is 0.870 bits per heavy atom. The quantitative estimate of drug-likeness (QED) is 0.452. The maximum atomic E-state index is 12.3. The van der Waals surface area contributed by atoms with E-state index in [0.29, 0.717) is 12.0 Å². The molecule has 2 aromatic rings. The summed E-state index contributed by atoms with van der Waals surface area (Å²) in [6.45, 7) is 1.86. The van der Waals surface area contributed by atoms with Crippen LogP contribution in [0.25, 0.3) is 12.2 Å². The number of carbonyl (C=O) groups is 1. The Kier molecular flexibility index (Phi) is 6.13. The summed E-state index contributed by atoms with van der Waals surface area (Å²) in [7, 11) is 0. The van der Waals surface area contributed by atoms with E-state index in [1.165, 1.54) is 6.08 Å². The lowest BCUT2D eigenvalue weighted by molar-refractivity contribution is -0.111. The van der Waals surface area contributed by atoms with Gasteiger partial charge in [-0.3, -0.25) is 4.79 Å². The predicted molar refractivity (Wildman–Crippen MR) is 95.9 cm³/mol.